The molecule has 0 atom stereocenters. The van der Waals surface area contributed by atoms with Gasteiger partial charge in [0.1, 0.15) is 23.5 Å². The molecular formula is C22H27IN8O. The number of anilines is 1. The fourth-order valence-electron chi connectivity index (χ4n) is 3.18. The summed E-state index contributed by atoms with van der Waals surface area (Å²) in [5.41, 5.74) is 2.17. The number of carbonyl (C=O) groups excluding carboxylic acids is 1. The van der Waals surface area contributed by atoms with Crippen LogP contribution < -0.4 is 5.32 Å². The molecule has 10 heteroatoms. The number of nitrogens with zero attached hydrogens (tertiary/aromatic N) is 5. The first-order chi connectivity index (χ1) is 15.0. The van der Waals surface area contributed by atoms with E-state index in [0.717, 1.165) is 12.0 Å². The van der Waals surface area contributed by atoms with Gasteiger partial charge < -0.3 is 10.2 Å². The van der Waals surface area contributed by atoms with Crippen molar-refractivity contribution < 1.29 is 6.22 Å². The topological polar surface area (TPSA) is 124 Å². The molecule has 0 unspecified atom stereocenters. The van der Waals surface area contributed by atoms with E-state index in [1.54, 1.807) is 42.9 Å². The van der Waals surface area contributed by atoms with Crippen LogP contribution in [-0.4, -0.2) is 48.5 Å². The van der Waals surface area contributed by atoms with Crippen LogP contribution >= 0.6 is 24.0 Å². The third-order valence-corrected chi connectivity index (χ3v) is 5.04. The molecule has 3 heterocycles. The van der Waals surface area contributed by atoms with Gasteiger partial charge in [-0.15, -0.1) is 24.0 Å². The molecule has 3 N–H and O–H groups in total. The number of amidine groups is 1. The van der Waals surface area contributed by atoms with Gasteiger partial charge in [0, 0.05) is 37.5 Å². The van der Waals surface area contributed by atoms with Crippen molar-refractivity contribution in [3.8, 4) is 5.82 Å². The first-order valence-electron chi connectivity index (χ1n) is 10.1. The van der Waals surface area contributed by atoms with E-state index in [0.29, 0.717) is 23.1 Å². The molecule has 0 aliphatic heterocycles. The van der Waals surface area contributed by atoms with Gasteiger partial charge in [0.25, 0.3) is 5.91 Å². The lowest BCUT2D eigenvalue weighted by molar-refractivity contribution is 0.102. The standard InChI is InChI=1S/C22H24N8O.HI.H2/c1-14(2)30(12-23)21(24)17-4-3-5-18(28-17)22(31)27-16-8-9-25-20(10-16)29-11-19(26-13-29)15-6-7-15;;/h3-5,8-15,23-24H,6-7H2,1-2H3,(H,25,27,31);2*1H. The van der Waals surface area contributed by atoms with E-state index in [4.69, 9.17) is 10.8 Å². The zero-order valence-electron chi connectivity index (χ0n) is 17.8. The molecule has 1 fully saturated rings. The maximum Gasteiger partial charge on any atom is 0.274 e. The maximum absolute atomic E-state index is 12.8. The van der Waals surface area contributed by atoms with Crippen molar-refractivity contribution in [2.75, 3.05) is 5.32 Å². The van der Waals surface area contributed by atoms with E-state index in [9.17, 15) is 4.79 Å². The average molecular weight is 546 g/mol. The Balaban J connectivity index is 0.00000193. The summed E-state index contributed by atoms with van der Waals surface area (Å²) in [5, 5.41) is 18.7. The van der Waals surface area contributed by atoms with Crippen LogP contribution in [0.3, 0.4) is 0 Å². The molecule has 3 aromatic heterocycles. The lowest BCUT2D eigenvalue weighted by Gasteiger charge is -2.23. The predicted octanol–water partition coefficient (Wildman–Crippen LogP) is 4.30. The minimum absolute atomic E-state index is 0. The fourth-order valence-corrected chi connectivity index (χ4v) is 3.18. The Hall–Kier alpha value is -3.15. The van der Waals surface area contributed by atoms with Crippen molar-refractivity contribution in [1.29, 1.82) is 10.8 Å². The highest BCUT2D eigenvalue weighted by Crippen LogP contribution is 2.39. The van der Waals surface area contributed by atoms with Gasteiger partial charge in [-0.25, -0.2) is 15.0 Å². The second kappa shape index (κ2) is 9.98. The molecule has 1 amide bonds. The van der Waals surface area contributed by atoms with E-state index in [2.05, 4.69) is 20.3 Å². The zero-order chi connectivity index (χ0) is 22.0. The number of amides is 1. The van der Waals surface area contributed by atoms with Gasteiger partial charge in [0.2, 0.25) is 0 Å². The van der Waals surface area contributed by atoms with Gasteiger partial charge in [-0.3, -0.25) is 20.2 Å². The van der Waals surface area contributed by atoms with E-state index in [-0.39, 0.29) is 48.9 Å². The van der Waals surface area contributed by atoms with E-state index in [1.807, 2.05) is 24.6 Å². The van der Waals surface area contributed by atoms with Gasteiger partial charge in [0.15, 0.2) is 5.84 Å². The molecule has 0 bridgehead atoms. The van der Waals surface area contributed by atoms with Crippen LogP contribution in [0, 0.1) is 10.8 Å². The summed E-state index contributed by atoms with van der Waals surface area (Å²) >= 11 is 0. The van der Waals surface area contributed by atoms with E-state index in [1.165, 1.54) is 17.7 Å². The lowest BCUT2D eigenvalue weighted by atomic mass is 10.2. The van der Waals surface area contributed by atoms with Gasteiger partial charge >= 0.3 is 0 Å². The smallest absolute Gasteiger partial charge is 0.274 e. The van der Waals surface area contributed by atoms with Crippen molar-refractivity contribution in [1.82, 2.24) is 24.4 Å². The molecule has 4 rings (SSSR count). The molecule has 32 heavy (non-hydrogen) atoms. The third-order valence-electron chi connectivity index (χ3n) is 5.04. The Morgan fingerprint density at radius 3 is 2.72 bits per heavy atom. The molecule has 0 radical (unpaired) electrons. The van der Waals surface area contributed by atoms with Crippen molar-refractivity contribution in [2.24, 2.45) is 0 Å². The summed E-state index contributed by atoms with van der Waals surface area (Å²) in [7, 11) is 0. The number of carbonyl (C=O) groups is 1. The summed E-state index contributed by atoms with van der Waals surface area (Å²) in [6.45, 7) is 3.76. The number of imidazole rings is 1. The molecule has 9 nitrogen and oxygen atoms in total. The second-order valence-electron chi connectivity index (χ2n) is 7.72. The molecule has 1 saturated carbocycles. The quantitative estimate of drug-likeness (QED) is 0.232. The van der Waals surface area contributed by atoms with Crippen LogP contribution in [0.4, 0.5) is 5.69 Å². The number of pyridine rings is 2. The third kappa shape index (κ3) is 5.18. The Morgan fingerprint density at radius 1 is 1.28 bits per heavy atom. The van der Waals surface area contributed by atoms with Crippen LogP contribution in [-0.2, 0) is 0 Å². The number of halogens is 1. The second-order valence-corrected chi connectivity index (χ2v) is 7.72. The van der Waals surface area contributed by atoms with Crippen LogP contribution in [0.1, 0.15) is 55.9 Å². The molecule has 168 valence electrons. The van der Waals surface area contributed by atoms with Crippen LogP contribution in [0.2, 0.25) is 0 Å². The molecule has 3 aromatic rings. The van der Waals surface area contributed by atoms with E-state index >= 15 is 0 Å². The number of aromatic nitrogens is 4. The van der Waals surface area contributed by atoms with Crippen LogP contribution in [0.25, 0.3) is 5.82 Å². The largest absolute Gasteiger partial charge is 0.320 e. The molecule has 1 aliphatic rings. The number of nitrogens with one attached hydrogen (secondary N) is 3. The van der Waals surface area contributed by atoms with Crippen molar-refractivity contribution in [2.45, 2.75) is 38.6 Å². The summed E-state index contributed by atoms with van der Waals surface area (Å²) < 4.78 is 1.85. The molecular weight excluding hydrogens is 519 g/mol. The summed E-state index contributed by atoms with van der Waals surface area (Å²) in [6, 6.07) is 8.34. The molecule has 0 aromatic carbocycles. The SMILES string of the molecule is CC(C)N(C=N)C(=N)c1cccc(C(=O)Nc2ccnc(-n3cnc(C4CC4)c3)c2)n1.I.[HH]. The van der Waals surface area contributed by atoms with Crippen molar-refractivity contribution in [3.63, 3.8) is 0 Å². The number of hydrogen-bond donors (Lipinski definition) is 3. The van der Waals surface area contributed by atoms with Crippen molar-refractivity contribution >= 4 is 47.7 Å². The van der Waals surface area contributed by atoms with Gasteiger partial charge in [-0.2, -0.15) is 0 Å². The summed E-state index contributed by atoms with van der Waals surface area (Å²) in [6.07, 6.45) is 8.79. The predicted molar refractivity (Wildman–Crippen MR) is 136 cm³/mol. The first-order valence-corrected chi connectivity index (χ1v) is 10.1. The Bertz CT molecular complexity index is 1140. The monoisotopic (exact) mass is 546 g/mol. The highest BCUT2D eigenvalue weighted by molar-refractivity contribution is 14.0. The van der Waals surface area contributed by atoms with E-state index < -0.39 is 0 Å². The van der Waals surface area contributed by atoms with Gasteiger partial charge in [0.05, 0.1) is 12.0 Å². The Labute approximate surface area is 204 Å². The zero-order valence-corrected chi connectivity index (χ0v) is 20.1. The van der Waals surface area contributed by atoms with Crippen LogP contribution in [0.15, 0.2) is 49.1 Å². The molecule has 0 saturated heterocycles. The minimum Gasteiger partial charge on any atom is -0.320 e. The first kappa shape index (κ1) is 23.5. The average Bonchev–Trinajstić information content (AvgIpc) is 3.50. The van der Waals surface area contributed by atoms with Gasteiger partial charge in [-0.1, -0.05) is 6.07 Å². The molecule has 1 aliphatic carbocycles. The lowest BCUT2D eigenvalue weighted by Crippen LogP contribution is -2.36. The highest BCUT2D eigenvalue weighted by atomic mass is 127. The minimum atomic E-state index is -0.387. The van der Waals surface area contributed by atoms with Gasteiger partial charge in [-0.05, 0) is 44.9 Å². The Kier molecular flexibility index (Phi) is 7.33. The molecule has 0 spiro atoms. The summed E-state index contributed by atoms with van der Waals surface area (Å²) in [4.78, 5) is 27.4. The summed E-state index contributed by atoms with van der Waals surface area (Å²) in [5.74, 6) is 0.902. The highest BCUT2D eigenvalue weighted by Gasteiger charge is 2.26. The van der Waals surface area contributed by atoms with Crippen LogP contribution in [0.5, 0.6) is 0 Å². The fraction of sp³-hybridized carbons (Fsp3) is 0.273. The number of hydrogen-bond acceptors (Lipinski definition) is 6. The van der Waals surface area contributed by atoms with Crippen molar-refractivity contribution in [3.05, 3.63) is 66.1 Å². The Morgan fingerprint density at radius 2 is 2.03 bits per heavy atom. The normalized spacial score (nSPS) is 12.7. The number of rotatable bonds is 7. The maximum atomic E-state index is 12.8.